The molecular formula is C28H52ClNO3S. The standard InChI is InChI=1S/C21H45ClN.C7H8O3S/c1-4-7-10-14-19-23(18-13-9-6-3,21-16-12-17-22)20-15-11-8-5-2;1-6-2-4-7(5-3-6)11(8,9)10/h4-21H2,1-3H3;2-5H,1H3,(H,8,9,10)/q+1;/p-1. The number of hydrogen-bond acceptors (Lipinski definition) is 3. The van der Waals surface area contributed by atoms with Gasteiger partial charge in [-0.2, -0.15) is 0 Å². The molecule has 0 fully saturated rings. The summed E-state index contributed by atoms with van der Waals surface area (Å²) in [6.45, 7) is 14.4. The Morgan fingerprint density at radius 2 is 1.06 bits per heavy atom. The lowest BCUT2D eigenvalue weighted by Gasteiger charge is -2.39. The molecule has 0 heterocycles. The lowest BCUT2D eigenvalue weighted by atomic mass is 10.1. The summed E-state index contributed by atoms with van der Waals surface area (Å²) in [6, 6.07) is 5.78. The van der Waals surface area contributed by atoms with Gasteiger partial charge in [0.05, 0.1) is 31.1 Å². The van der Waals surface area contributed by atoms with E-state index in [2.05, 4.69) is 20.8 Å². The zero-order valence-corrected chi connectivity index (χ0v) is 24.1. The first kappa shape index (κ1) is 33.4. The van der Waals surface area contributed by atoms with Gasteiger partial charge in [-0.15, -0.1) is 11.6 Å². The number of halogens is 1. The number of nitrogens with zero attached hydrogens (tertiary/aromatic N) is 1. The predicted octanol–water partition coefficient (Wildman–Crippen LogP) is 8.07. The maximum Gasteiger partial charge on any atom is 0.124 e. The van der Waals surface area contributed by atoms with E-state index < -0.39 is 10.1 Å². The molecule has 0 aliphatic rings. The van der Waals surface area contributed by atoms with Crippen LogP contribution >= 0.6 is 11.6 Å². The van der Waals surface area contributed by atoms with Gasteiger partial charge in [0.2, 0.25) is 0 Å². The van der Waals surface area contributed by atoms with Crippen LogP contribution in [0.3, 0.4) is 0 Å². The average molecular weight is 518 g/mol. The number of rotatable bonds is 19. The number of quaternary nitrogens is 1. The topological polar surface area (TPSA) is 57.2 Å². The van der Waals surface area contributed by atoms with E-state index in [1.165, 1.54) is 126 Å². The highest BCUT2D eigenvalue weighted by atomic mass is 35.5. The largest absolute Gasteiger partial charge is 0.744 e. The van der Waals surface area contributed by atoms with E-state index in [4.69, 9.17) is 11.6 Å². The lowest BCUT2D eigenvalue weighted by molar-refractivity contribution is -0.929. The SMILES string of the molecule is CCCCCC[N+](CCCCC)(CCCCCl)CCCCCC.Cc1ccc(S(=O)(=O)[O-])cc1. The molecule has 0 spiro atoms. The summed E-state index contributed by atoms with van der Waals surface area (Å²) in [5, 5.41) is 0. The third-order valence-corrected chi connectivity index (χ3v) is 7.65. The highest BCUT2D eigenvalue weighted by Gasteiger charge is 2.25. The molecule has 4 nitrogen and oxygen atoms in total. The Labute approximate surface area is 216 Å². The minimum Gasteiger partial charge on any atom is -0.744 e. The number of alkyl halides is 1. The molecule has 0 atom stereocenters. The first-order valence-electron chi connectivity index (χ1n) is 13.7. The predicted molar refractivity (Wildman–Crippen MR) is 147 cm³/mol. The van der Waals surface area contributed by atoms with Gasteiger partial charge in [-0.1, -0.05) is 70.6 Å². The highest BCUT2D eigenvalue weighted by Crippen LogP contribution is 2.19. The molecule has 1 aromatic rings. The third-order valence-electron chi connectivity index (χ3n) is 6.53. The summed E-state index contributed by atoms with van der Waals surface area (Å²) in [7, 11) is -4.27. The van der Waals surface area contributed by atoms with E-state index in [1.807, 2.05) is 6.92 Å². The second-order valence-corrected chi connectivity index (χ2v) is 11.5. The van der Waals surface area contributed by atoms with Gasteiger partial charge in [0.15, 0.2) is 0 Å². The van der Waals surface area contributed by atoms with Crippen LogP contribution in [0.4, 0.5) is 0 Å². The Kier molecular flexibility index (Phi) is 20.2. The molecular weight excluding hydrogens is 466 g/mol. The maximum absolute atomic E-state index is 10.4. The van der Waals surface area contributed by atoms with Gasteiger partial charge < -0.3 is 9.04 Å². The maximum atomic E-state index is 10.4. The molecule has 0 saturated heterocycles. The van der Waals surface area contributed by atoms with Gasteiger partial charge in [-0.3, -0.25) is 0 Å². The van der Waals surface area contributed by atoms with Crippen molar-refractivity contribution in [1.29, 1.82) is 0 Å². The Balaban J connectivity index is 0.000000818. The molecule has 34 heavy (non-hydrogen) atoms. The molecule has 0 unspecified atom stereocenters. The van der Waals surface area contributed by atoms with Crippen LogP contribution in [0.2, 0.25) is 0 Å². The molecule has 1 aromatic carbocycles. The van der Waals surface area contributed by atoms with Crippen molar-refractivity contribution in [2.75, 3.05) is 32.1 Å². The minimum absolute atomic E-state index is 0.178. The normalized spacial score (nSPS) is 11.8. The molecule has 0 radical (unpaired) electrons. The number of hydrogen-bond donors (Lipinski definition) is 0. The highest BCUT2D eigenvalue weighted by molar-refractivity contribution is 7.85. The Morgan fingerprint density at radius 1 is 0.676 bits per heavy atom. The van der Waals surface area contributed by atoms with E-state index >= 15 is 0 Å². The van der Waals surface area contributed by atoms with Crippen molar-refractivity contribution in [3.63, 3.8) is 0 Å². The first-order valence-corrected chi connectivity index (χ1v) is 15.6. The monoisotopic (exact) mass is 517 g/mol. The molecule has 0 bridgehead atoms. The van der Waals surface area contributed by atoms with E-state index in [9.17, 15) is 13.0 Å². The van der Waals surface area contributed by atoms with E-state index in [-0.39, 0.29) is 4.90 Å². The molecule has 0 amide bonds. The van der Waals surface area contributed by atoms with Crippen LogP contribution in [0, 0.1) is 6.92 Å². The molecule has 200 valence electrons. The van der Waals surface area contributed by atoms with Gasteiger partial charge in [-0.05, 0) is 70.4 Å². The Morgan fingerprint density at radius 3 is 1.44 bits per heavy atom. The zero-order valence-electron chi connectivity index (χ0n) is 22.5. The summed E-state index contributed by atoms with van der Waals surface area (Å²) in [6.07, 6.45) is 17.9. The molecule has 0 N–H and O–H groups in total. The van der Waals surface area contributed by atoms with Gasteiger partial charge in [-0.25, -0.2) is 8.42 Å². The Bertz CT molecular complexity index is 668. The third kappa shape index (κ3) is 16.9. The van der Waals surface area contributed by atoms with E-state index in [1.54, 1.807) is 12.1 Å². The van der Waals surface area contributed by atoms with Crippen molar-refractivity contribution < 1.29 is 17.5 Å². The quantitative estimate of drug-likeness (QED) is 0.0806. The molecule has 0 aliphatic carbocycles. The van der Waals surface area contributed by atoms with Crippen molar-refractivity contribution in [2.45, 2.75) is 116 Å². The van der Waals surface area contributed by atoms with Crippen LogP contribution in [0.15, 0.2) is 29.2 Å². The summed E-state index contributed by atoms with van der Waals surface area (Å²) >= 11 is 5.94. The smallest absolute Gasteiger partial charge is 0.124 e. The molecule has 0 aromatic heterocycles. The lowest BCUT2D eigenvalue weighted by Crippen LogP contribution is -2.50. The molecule has 0 aliphatic heterocycles. The van der Waals surface area contributed by atoms with Gasteiger partial charge in [0.1, 0.15) is 10.1 Å². The second kappa shape index (κ2) is 20.6. The van der Waals surface area contributed by atoms with Crippen LogP contribution < -0.4 is 0 Å². The van der Waals surface area contributed by atoms with Crippen LogP contribution in [0.1, 0.15) is 110 Å². The zero-order chi connectivity index (χ0) is 25.7. The van der Waals surface area contributed by atoms with Crippen molar-refractivity contribution in [2.24, 2.45) is 0 Å². The fraction of sp³-hybridized carbons (Fsp3) is 0.786. The second-order valence-electron chi connectivity index (χ2n) is 9.73. The van der Waals surface area contributed by atoms with Crippen LogP contribution in [-0.2, 0) is 10.1 Å². The number of unbranched alkanes of at least 4 members (excludes halogenated alkanes) is 9. The summed E-state index contributed by atoms with van der Waals surface area (Å²) < 4.78 is 32.6. The molecule has 0 saturated carbocycles. The molecule has 6 heteroatoms. The van der Waals surface area contributed by atoms with Gasteiger partial charge >= 0.3 is 0 Å². The van der Waals surface area contributed by atoms with Crippen LogP contribution in [-0.4, -0.2) is 49.5 Å². The van der Waals surface area contributed by atoms with Crippen molar-refractivity contribution in [1.82, 2.24) is 0 Å². The van der Waals surface area contributed by atoms with Gasteiger partial charge in [0, 0.05) is 5.88 Å². The summed E-state index contributed by atoms with van der Waals surface area (Å²) in [5.41, 5.74) is 0.928. The number of benzene rings is 1. The summed E-state index contributed by atoms with van der Waals surface area (Å²) in [5.74, 6) is 0.834. The summed E-state index contributed by atoms with van der Waals surface area (Å²) in [4.78, 5) is -0.178. The Hall–Kier alpha value is -0.620. The fourth-order valence-corrected chi connectivity index (χ4v) is 5.02. The van der Waals surface area contributed by atoms with Gasteiger partial charge in [0.25, 0.3) is 0 Å². The van der Waals surface area contributed by atoms with E-state index in [0.717, 1.165) is 11.4 Å². The average Bonchev–Trinajstić information content (AvgIpc) is 2.80. The van der Waals surface area contributed by atoms with E-state index in [0.29, 0.717) is 0 Å². The van der Waals surface area contributed by atoms with Crippen LogP contribution in [0.5, 0.6) is 0 Å². The molecule has 1 rings (SSSR count). The first-order chi connectivity index (χ1) is 16.2. The van der Waals surface area contributed by atoms with Crippen LogP contribution in [0.25, 0.3) is 0 Å². The minimum atomic E-state index is -4.27. The number of aryl methyl sites for hydroxylation is 1. The van der Waals surface area contributed by atoms with Crippen molar-refractivity contribution in [3.8, 4) is 0 Å². The fourth-order valence-electron chi connectivity index (χ4n) is 4.36. The van der Waals surface area contributed by atoms with Crippen molar-refractivity contribution in [3.05, 3.63) is 29.8 Å². The van der Waals surface area contributed by atoms with Crippen molar-refractivity contribution >= 4 is 21.7 Å².